The molecule has 0 radical (unpaired) electrons. The highest BCUT2D eigenvalue weighted by Gasteiger charge is 2.22. The quantitative estimate of drug-likeness (QED) is 0.606. The van der Waals surface area contributed by atoms with Crippen LogP contribution in [0.5, 0.6) is 0 Å². The molecule has 5 heteroatoms. The molecule has 0 saturated heterocycles. The number of hydrogen-bond acceptors (Lipinski definition) is 3. The Labute approximate surface area is 143 Å². The van der Waals surface area contributed by atoms with Crippen LogP contribution in [0.2, 0.25) is 0 Å². The zero-order valence-electron chi connectivity index (χ0n) is 12.9. The van der Waals surface area contributed by atoms with Gasteiger partial charge in [-0.15, -0.1) is 0 Å². The predicted octanol–water partition coefficient (Wildman–Crippen LogP) is 5.18. The van der Waals surface area contributed by atoms with Crippen LogP contribution >= 0.6 is 11.9 Å². The Kier molecular flexibility index (Phi) is 4.71. The van der Waals surface area contributed by atoms with Crippen LogP contribution in [0.1, 0.15) is 11.1 Å². The molecule has 0 atom stereocenters. The van der Waals surface area contributed by atoms with E-state index in [-0.39, 0.29) is 17.3 Å². The van der Waals surface area contributed by atoms with Crippen LogP contribution in [0, 0.1) is 17.0 Å². The molecular formula is C19H14F2N2S. The minimum absolute atomic E-state index is 0.262. The minimum Gasteiger partial charge on any atom is -0.298 e. The lowest BCUT2D eigenvalue weighted by molar-refractivity contribution is 0.627. The Bertz CT molecular complexity index is 863. The maximum Gasteiger partial charge on any atom is 0.123 e. The van der Waals surface area contributed by atoms with Gasteiger partial charge in [-0.2, -0.15) is 0 Å². The van der Waals surface area contributed by atoms with E-state index in [1.54, 1.807) is 24.3 Å². The molecule has 24 heavy (non-hydrogen) atoms. The van der Waals surface area contributed by atoms with Crippen molar-refractivity contribution in [3.8, 4) is 0 Å². The van der Waals surface area contributed by atoms with Crippen LogP contribution in [0.3, 0.4) is 0 Å². The van der Waals surface area contributed by atoms with Crippen LogP contribution < -0.4 is 0 Å². The van der Waals surface area contributed by atoms with Gasteiger partial charge in [-0.25, -0.2) is 13.2 Å². The average molecular weight is 340 g/mol. The van der Waals surface area contributed by atoms with Crippen molar-refractivity contribution in [3.05, 3.63) is 83.4 Å². The van der Waals surface area contributed by atoms with E-state index in [0.29, 0.717) is 11.3 Å². The van der Waals surface area contributed by atoms with E-state index >= 15 is 0 Å². The Morgan fingerprint density at radius 3 is 1.75 bits per heavy atom. The lowest BCUT2D eigenvalue weighted by atomic mass is 9.87. The monoisotopic (exact) mass is 340 g/mol. The van der Waals surface area contributed by atoms with Crippen molar-refractivity contribution < 1.29 is 8.78 Å². The summed E-state index contributed by atoms with van der Waals surface area (Å²) >= 11 is 1.26. The molecule has 2 aromatic carbocycles. The molecule has 0 bridgehead atoms. The predicted molar refractivity (Wildman–Crippen MR) is 97.4 cm³/mol. The summed E-state index contributed by atoms with van der Waals surface area (Å²) < 4.78 is 30.6. The summed E-state index contributed by atoms with van der Waals surface area (Å²) in [6, 6.07) is 12.1. The summed E-state index contributed by atoms with van der Waals surface area (Å²) in [6.45, 7) is 0. The smallest absolute Gasteiger partial charge is 0.123 e. The molecule has 3 rings (SSSR count). The molecule has 2 nitrogen and oxygen atoms in total. The first-order valence-electron chi connectivity index (χ1n) is 7.25. The van der Waals surface area contributed by atoms with Crippen LogP contribution in [0.25, 0.3) is 11.1 Å². The number of rotatable bonds is 3. The number of nitrogens with zero attached hydrogens (tertiary/aromatic N) is 1. The average Bonchev–Trinajstić information content (AvgIpc) is 2.59. The second-order valence-corrected chi connectivity index (χ2v) is 5.72. The Balaban J connectivity index is 2.08. The fourth-order valence-electron chi connectivity index (χ4n) is 2.51. The SMILES string of the molecule is CS/N=C1\C(=N)C(c2ccc(F)cc2)=CC=C1c1ccc(F)cc1. The molecule has 120 valence electrons. The van der Waals surface area contributed by atoms with Crippen molar-refractivity contribution in [1.29, 1.82) is 5.41 Å². The third kappa shape index (κ3) is 3.21. The van der Waals surface area contributed by atoms with E-state index in [9.17, 15) is 8.78 Å². The van der Waals surface area contributed by atoms with Crippen molar-refractivity contribution in [1.82, 2.24) is 0 Å². The molecule has 0 aliphatic heterocycles. The summed E-state index contributed by atoms with van der Waals surface area (Å²) in [6.07, 6.45) is 5.49. The van der Waals surface area contributed by atoms with Gasteiger partial charge in [-0.3, -0.25) is 5.41 Å². The highest BCUT2D eigenvalue weighted by atomic mass is 32.2. The summed E-state index contributed by atoms with van der Waals surface area (Å²) in [7, 11) is 0. The summed E-state index contributed by atoms with van der Waals surface area (Å²) in [4.78, 5) is 0. The highest BCUT2D eigenvalue weighted by molar-refractivity contribution is 7.97. The van der Waals surface area contributed by atoms with Gasteiger partial charge >= 0.3 is 0 Å². The lowest BCUT2D eigenvalue weighted by Crippen LogP contribution is -2.19. The summed E-state index contributed by atoms with van der Waals surface area (Å²) in [5.74, 6) is -0.627. The van der Waals surface area contributed by atoms with Gasteiger partial charge in [0.05, 0.1) is 5.71 Å². The maximum atomic E-state index is 13.2. The molecule has 0 saturated carbocycles. The number of nitrogens with one attached hydrogen (secondary N) is 1. The topological polar surface area (TPSA) is 36.2 Å². The zero-order chi connectivity index (χ0) is 17.1. The third-order valence-electron chi connectivity index (χ3n) is 3.67. The van der Waals surface area contributed by atoms with Crippen molar-refractivity contribution in [2.75, 3.05) is 6.26 Å². The summed E-state index contributed by atoms with van der Waals surface area (Å²) in [5, 5.41) is 8.50. The van der Waals surface area contributed by atoms with Gasteiger partial charge in [-0.1, -0.05) is 36.4 Å². The Morgan fingerprint density at radius 2 is 1.25 bits per heavy atom. The third-order valence-corrected chi connectivity index (χ3v) is 4.04. The lowest BCUT2D eigenvalue weighted by Gasteiger charge is -2.19. The largest absolute Gasteiger partial charge is 0.298 e. The molecule has 0 amide bonds. The second kappa shape index (κ2) is 6.93. The molecule has 1 aliphatic rings. The van der Waals surface area contributed by atoms with Gasteiger partial charge in [0.2, 0.25) is 0 Å². The number of hydrogen-bond donors (Lipinski definition) is 1. The van der Waals surface area contributed by atoms with Crippen LogP contribution in [-0.4, -0.2) is 17.7 Å². The Hall–Kier alpha value is -2.53. The van der Waals surface area contributed by atoms with E-state index in [1.165, 1.54) is 36.2 Å². The number of halogens is 2. The van der Waals surface area contributed by atoms with Crippen molar-refractivity contribution in [2.24, 2.45) is 4.40 Å². The number of allylic oxidation sites excluding steroid dienone is 4. The molecule has 0 aromatic heterocycles. The van der Waals surface area contributed by atoms with Crippen LogP contribution in [0.4, 0.5) is 8.78 Å². The number of benzene rings is 2. The Morgan fingerprint density at radius 1 is 0.792 bits per heavy atom. The van der Waals surface area contributed by atoms with Crippen molar-refractivity contribution in [3.63, 3.8) is 0 Å². The standard InChI is InChI=1S/C19H14F2N2S/c1-24-23-19-17(13-4-8-15(21)9-5-13)11-10-16(18(19)22)12-2-6-14(20)7-3-12/h2-11,22H,1H3/b22-18?,23-19-. The van der Waals surface area contributed by atoms with Crippen molar-refractivity contribution in [2.45, 2.75) is 0 Å². The minimum atomic E-state index is -0.317. The van der Waals surface area contributed by atoms with Crippen LogP contribution in [0.15, 0.2) is 65.1 Å². The molecule has 0 heterocycles. The van der Waals surface area contributed by atoms with E-state index in [1.807, 2.05) is 18.4 Å². The fourth-order valence-corrected chi connectivity index (χ4v) is 2.88. The van der Waals surface area contributed by atoms with Gasteiger partial charge in [0.1, 0.15) is 17.3 Å². The van der Waals surface area contributed by atoms with Gasteiger partial charge < -0.3 is 0 Å². The molecule has 1 aliphatic carbocycles. The van der Waals surface area contributed by atoms with E-state index < -0.39 is 0 Å². The van der Waals surface area contributed by atoms with Gasteiger partial charge in [-0.05, 0) is 47.3 Å². The molecule has 0 spiro atoms. The normalized spacial score (nSPS) is 16.1. The van der Waals surface area contributed by atoms with E-state index in [4.69, 9.17) is 5.41 Å². The first-order valence-corrected chi connectivity index (χ1v) is 8.43. The first-order chi connectivity index (χ1) is 11.6. The second-order valence-electron chi connectivity index (χ2n) is 5.17. The maximum absolute atomic E-state index is 13.2. The van der Waals surface area contributed by atoms with Gasteiger partial charge in [0.25, 0.3) is 0 Å². The summed E-state index contributed by atoms with van der Waals surface area (Å²) in [5.41, 5.74) is 3.77. The van der Waals surface area contributed by atoms with Gasteiger partial charge in [0.15, 0.2) is 0 Å². The zero-order valence-corrected chi connectivity index (χ0v) is 13.7. The fraction of sp³-hybridized carbons (Fsp3) is 0.0526. The highest BCUT2D eigenvalue weighted by Crippen LogP contribution is 2.29. The molecular weight excluding hydrogens is 326 g/mol. The van der Waals surface area contributed by atoms with Crippen LogP contribution in [-0.2, 0) is 0 Å². The first kappa shape index (κ1) is 16.3. The van der Waals surface area contributed by atoms with Gasteiger partial charge in [0, 0.05) is 17.4 Å². The molecule has 2 aromatic rings. The molecule has 0 fully saturated rings. The molecule has 1 N–H and O–H groups in total. The van der Waals surface area contributed by atoms with E-state index in [2.05, 4.69) is 4.40 Å². The van der Waals surface area contributed by atoms with E-state index in [0.717, 1.165) is 16.7 Å². The van der Waals surface area contributed by atoms with Crippen molar-refractivity contribution >= 4 is 34.5 Å². The molecule has 0 unspecified atom stereocenters.